The van der Waals surface area contributed by atoms with Crippen molar-refractivity contribution in [2.45, 2.75) is 130 Å². The van der Waals surface area contributed by atoms with Gasteiger partial charge in [-0.25, -0.2) is 0 Å². The lowest BCUT2D eigenvalue weighted by Gasteiger charge is -2.24. The molecule has 2 heteroatoms. The van der Waals surface area contributed by atoms with E-state index in [2.05, 4.69) is 46.4 Å². The van der Waals surface area contributed by atoms with Crippen LogP contribution < -0.4 is 0 Å². The zero-order valence-electron chi connectivity index (χ0n) is 18.6. The molecular formula is C24H47NO. The van der Waals surface area contributed by atoms with E-state index in [1.54, 1.807) is 0 Å². The van der Waals surface area contributed by atoms with Crippen molar-refractivity contribution in [2.24, 2.45) is 23.7 Å². The van der Waals surface area contributed by atoms with E-state index < -0.39 is 0 Å². The molecule has 2 aliphatic heterocycles. The van der Waals surface area contributed by atoms with Crippen LogP contribution in [0.5, 0.6) is 0 Å². The first kappa shape index (κ1) is 22.2. The molecule has 0 aromatic carbocycles. The maximum atomic E-state index is 8.90. The van der Waals surface area contributed by atoms with Gasteiger partial charge in [0.1, 0.15) is 0 Å². The van der Waals surface area contributed by atoms with Crippen LogP contribution in [0.2, 0.25) is 0 Å². The quantitative estimate of drug-likeness (QED) is 0.594. The van der Waals surface area contributed by atoms with Crippen LogP contribution in [-0.2, 0) is 0 Å². The van der Waals surface area contributed by atoms with Crippen molar-refractivity contribution < 1.29 is 5.11 Å². The molecule has 4 fully saturated rings. The van der Waals surface area contributed by atoms with E-state index in [9.17, 15) is 0 Å². The molecule has 154 valence electrons. The van der Waals surface area contributed by atoms with Crippen LogP contribution in [0.4, 0.5) is 0 Å². The van der Waals surface area contributed by atoms with E-state index in [-0.39, 0.29) is 6.10 Å². The fourth-order valence-electron chi connectivity index (χ4n) is 5.05. The van der Waals surface area contributed by atoms with E-state index in [0.29, 0.717) is 0 Å². The molecule has 2 saturated heterocycles. The zero-order valence-corrected chi connectivity index (χ0v) is 18.6. The Morgan fingerprint density at radius 3 is 1.85 bits per heavy atom. The minimum atomic E-state index is 0.0231. The summed E-state index contributed by atoms with van der Waals surface area (Å²) < 4.78 is 0. The van der Waals surface area contributed by atoms with Gasteiger partial charge in [0.25, 0.3) is 0 Å². The SMILES string of the molecule is CC1CCC(O)C1.CCC(C)C(C)C.CCC1C2C(C3CCCCC3)N12. The van der Waals surface area contributed by atoms with Crippen LogP contribution in [-0.4, -0.2) is 34.2 Å². The number of aliphatic hydroxyl groups is 1. The summed E-state index contributed by atoms with van der Waals surface area (Å²) in [7, 11) is 0. The minimum absolute atomic E-state index is 0.0231. The van der Waals surface area contributed by atoms with Gasteiger partial charge in [0.05, 0.1) is 6.10 Å². The van der Waals surface area contributed by atoms with Gasteiger partial charge >= 0.3 is 0 Å². The largest absolute Gasteiger partial charge is 0.393 e. The number of rotatable bonds is 4. The Morgan fingerprint density at radius 2 is 1.54 bits per heavy atom. The molecule has 7 atom stereocenters. The van der Waals surface area contributed by atoms with Gasteiger partial charge < -0.3 is 5.11 Å². The molecular weight excluding hydrogens is 318 g/mol. The van der Waals surface area contributed by atoms with Gasteiger partial charge in [0, 0.05) is 18.1 Å². The molecule has 2 nitrogen and oxygen atoms in total. The van der Waals surface area contributed by atoms with E-state index in [1.165, 1.54) is 51.4 Å². The molecule has 0 aromatic rings. The highest BCUT2D eigenvalue weighted by atomic mass is 16.3. The summed E-state index contributed by atoms with van der Waals surface area (Å²) in [4.78, 5) is 2.75. The van der Waals surface area contributed by atoms with Crippen LogP contribution in [0, 0.1) is 23.7 Å². The second-order valence-electron chi connectivity index (χ2n) is 10.0. The summed E-state index contributed by atoms with van der Waals surface area (Å²) in [5.74, 6) is 3.64. The molecule has 7 unspecified atom stereocenters. The van der Waals surface area contributed by atoms with Crippen LogP contribution in [0.15, 0.2) is 0 Å². The smallest absolute Gasteiger partial charge is 0.0542 e. The van der Waals surface area contributed by atoms with Crippen molar-refractivity contribution in [1.82, 2.24) is 4.90 Å². The zero-order chi connectivity index (χ0) is 19.3. The van der Waals surface area contributed by atoms with Gasteiger partial charge in [-0.15, -0.1) is 0 Å². The Bertz CT molecular complexity index is 372. The standard InChI is InChI=1S/C11H19N.C7H16.C6H12O/c1-2-9-11-10(12(9)11)8-6-4-3-5-7-8;1-5-7(4)6(2)3;1-5-2-3-6(7)4-5/h8-11H,2-7H2,1H3;6-7H,5H2,1-4H3;5-7H,2-4H2,1H3. The first-order valence-electron chi connectivity index (χ1n) is 11.9. The monoisotopic (exact) mass is 365 g/mol. The Morgan fingerprint density at radius 1 is 0.923 bits per heavy atom. The van der Waals surface area contributed by atoms with Gasteiger partial charge in [-0.2, -0.15) is 0 Å². The van der Waals surface area contributed by atoms with Gasteiger partial charge in [-0.05, 0) is 62.2 Å². The summed E-state index contributed by atoms with van der Waals surface area (Å²) >= 11 is 0. The van der Waals surface area contributed by atoms with Crippen molar-refractivity contribution in [3.63, 3.8) is 0 Å². The van der Waals surface area contributed by atoms with Crippen molar-refractivity contribution >= 4 is 0 Å². The lowest BCUT2D eigenvalue weighted by molar-refractivity contribution is 0.179. The molecule has 26 heavy (non-hydrogen) atoms. The van der Waals surface area contributed by atoms with Crippen LogP contribution in [0.1, 0.15) is 106 Å². The van der Waals surface area contributed by atoms with E-state index in [1.807, 2.05) is 0 Å². The van der Waals surface area contributed by atoms with E-state index in [4.69, 9.17) is 5.11 Å². The van der Waals surface area contributed by atoms with Gasteiger partial charge in [0.15, 0.2) is 0 Å². The third-order valence-electron chi connectivity index (χ3n) is 7.64. The number of hydrogen-bond acceptors (Lipinski definition) is 2. The molecule has 0 aromatic heterocycles. The summed E-state index contributed by atoms with van der Waals surface area (Å²) in [5, 5.41) is 8.90. The third-order valence-corrected chi connectivity index (χ3v) is 7.64. The van der Waals surface area contributed by atoms with E-state index >= 15 is 0 Å². The molecule has 0 amide bonds. The summed E-state index contributed by atoms with van der Waals surface area (Å²) in [6.45, 7) is 13.6. The van der Waals surface area contributed by atoms with Gasteiger partial charge in [-0.3, -0.25) is 4.90 Å². The highest BCUT2D eigenvalue weighted by Gasteiger charge is 2.71. The molecule has 4 aliphatic rings. The molecule has 0 spiro atoms. The van der Waals surface area contributed by atoms with Gasteiger partial charge in [0.2, 0.25) is 0 Å². The van der Waals surface area contributed by atoms with Crippen LogP contribution >= 0.6 is 0 Å². The predicted octanol–water partition coefficient (Wildman–Crippen LogP) is 6.27. The van der Waals surface area contributed by atoms with Crippen molar-refractivity contribution in [2.75, 3.05) is 0 Å². The Labute approximate surface area is 164 Å². The molecule has 0 bridgehead atoms. The maximum Gasteiger partial charge on any atom is 0.0542 e. The van der Waals surface area contributed by atoms with Crippen molar-refractivity contribution in [3.8, 4) is 0 Å². The number of fused-ring (bicyclic) bond motifs is 1. The average Bonchev–Trinajstić information content (AvgIpc) is 3.50. The number of aliphatic hydroxyl groups excluding tert-OH is 1. The van der Waals surface area contributed by atoms with Crippen molar-refractivity contribution in [1.29, 1.82) is 0 Å². The molecule has 2 heterocycles. The molecule has 0 radical (unpaired) electrons. The Kier molecular flexibility index (Phi) is 8.94. The van der Waals surface area contributed by atoms with Gasteiger partial charge in [-0.1, -0.05) is 67.2 Å². The summed E-state index contributed by atoms with van der Waals surface area (Å²) in [5.41, 5.74) is 0. The normalized spacial score (nSPS) is 39.2. The Balaban J connectivity index is 0.000000152. The lowest BCUT2D eigenvalue weighted by atomic mass is 9.83. The first-order valence-corrected chi connectivity index (χ1v) is 11.9. The Hall–Kier alpha value is -0.0800. The highest BCUT2D eigenvalue weighted by Crippen LogP contribution is 2.58. The molecule has 2 aliphatic carbocycles. The second kappa shape index (κ2) is 10.5. The number of hydrogen-bond donors (Lipinski definition) is 1. The summed E-state index contributed by atoms with van der Waals surface area (Å²) in [6.07, 6.45) is 13.6. The molecule has 2 saturated carbocycles. The fourth-order valence-corrected chi connectivity index (χ4v) is 5.05. The first-order chi connectivity index (χ1) is 12.4. The van der Waals surface area contributed by atoms with Crippen LogP contribution in [0.3, 0.4) is 0 Å². The average molecular weight is 366 g/mol. The second-order valence-corrected chi connectivity index (χ2v) is 10.0. The fraction of sp³-hybridized carbons (Fsp3) is 1.00. The molecule has 1 N–H and O–H groups in total. The predicted molar refractivity (Wildman–Crippen MR) is 113 cm³/mol. The number of nitrogens with zero attached hydrogens (tertiary/aromatic N) is 1. The molecule has 4 rings (SSSR count). The lowest BCUT2D eigenvalue weighted by Crippen LogP contribution is -2.26. The maximum absolute atomic E-state index is 8.90. The van der Waals surface area contributed by atoms with E-state index in [0.717, 1.165) is 54.6 Å². The third kappa shape index (κ3) is 6.23. The minimum Gasteiger partial charge on any atom is -0.393 e. The van der Waals surface area contributed by atoms with Crippen molar-refractivity contribution in [3.05, 3.63) is 0 Å². The topological polar surface area (TPSA) is 23.2 Å². The highest BCUT2D eigenvalue weighted by molar-refractivity contribution is 5.27. The van der Waals surface area contributed by atoms with Crippen LogP contribution in [0.25, 0.3) is 0 Å². The summed E-state index contributed by atoms with van der Waals surface area (Å²) in [6, 6.07) is 3.16.